The minimum absolute atomic E-state index is 0.155. The molecule has 0 spiro atoms. The van der Waals surface area contributed by atoms with Crippen molar-refractivity contribution in [2.45, 2.75) is 18.9 Å². The van der Waals surface area contributed by atoms with Crippen LogP contribution in [0.1, 0.15) is 12.8 Å². The third-order valence-electron chi connectivity index (χ3n) is 2.51. The predicted octanol–water partition coefficient (Wildman–Crippen LogP) is 1.52. The van der Waals surface area contributed by atoms with Crippen LogP contribution in [-0.2, 0) is 4.79 Å². The Morgan fingerprint density at radius 3 is 2.93 bits per heavy atom. The maximum atomic E-state index is 13.2. The molecule has 1 amide bonds. The van der Waals surface area contributed by atoms with E-state index in [9.17, 15) is 9.18 Å². The van der Waals surface area contributed by atoms with Gasteiger partial charge < -0.3 is 10.6 Å². The third kappa shape index (κ3) is 2.33. The lowest BCUT2D eigenvalue weighted by molar-refractivity contribution is -0.117. The highest BCUT2D eigenvalue weighted by Crippen LogP contribution is 2.14. The maximum Gasteiger partial charge on any atom is 0.241 e. The van der Waals surface area contributed by atoms with Gasteiger partial charge >= 0.3 is 0 Å². The molecule has 3 nitrogen and oxygen atoms in total. The zero-order valence-corrected chi connectivity index (χ0v) is 8.29. The maximum absolute atomic E-state index is 13.2. The standard InChI is InChI=1S/C11H13FN2O/c12-8-4-1-2-5-9(8)14-11(15)10-6-3-7-13-10/h1-2,4-5,10,13H,3,6-7H2,(H,14,15). The number of hydrogen-bond acceptors (Lipinski definition) is 2. The molecule has 0 radical (unpaired) electrons. The molecule has 1 unspecified atom stereocenters. The lowest BCUT2D eigenvalue weighted by atomic mass is 10.2. The quantitative estimate of drug-likeness (QED) is 0.773. The molecule has 1 aliphatic heterocycles. The number of rotatable bonds is 2. The summed E-state index contributed by atoms with van der Waals surface area (Å²) in [4.78, 5) is 11.6. The normalized spacial score (nSPS) is 20.2. The average molecular weight is 208 g/mol. The monoisotopic (exact) mass is 208 g/mol. The van der Waals surface area contributed by atoms with E-state index in [4.69, 9.17) is 0 Å². The van der Waals surface area contributed by atoms with Crippen LogP contribution in [0.25, 0.3) is 0 Å². The van der Waals surface area contributed by atoms with Crippen molar-refractivity contribution < 1.29 is 9.18 Å². The van der Waals surface area contributed by atoms with Gasteiger partial charge in [0.2, 0.25) is 5.91 Å². The second kappa shape index (κ2) is 4.40. The number of para-hydroxylation sites is 1. The Morgan fingerprint density at radius 1 is 1.47 bits per heavy atom. The van der Waals surface area contributed by atoms with Crippen LogP contribution in [0.3, 0.4) is 0 Å². The van der Waals surface area contributed by atoms with Gasteiger partial charge in [-0.3, -0.25) is 4.79 Å². The van der Waals surface area contributed by atoms with Gasteiger partial charge in [0.1, 0.15) is 5.82 Å². The van der Waals surface area contributed by atoms with Gasteiger partial charge in [0, 0.05) is 0 Å². The molecule has 1 aliphatic rings. The molecule has 80 valence electrons. The van der Waals surface area contributed by atoms with Crippen molar-refractivity contribution in [2.24, 2.45) is 0 Å². The van der Waals surface area contributed by atoms with Gasteiger partial charge in [-0.05, 0) is 31.5 Å². The molecule has 0 aliphatic carbocycles. The number of anilines is 1. The highest BCUT2D eigenvalue weighted by molar-refractivity contribution is 5.95. The van der Waals surface area contributed by atoms with Gasteiger partial charge in [0.15, 0.2) is 0 Å². The summed E-state index contributed by atoms with van der Waals surface area (Å²) in [6, 6.07) is 6.00. The van der Waals surface area contributed by atoms with Gasteiger partial charge in [-0.1, -0.05) is 12.1 Å². The summed E-state index contributed by atoms with van der Waals surface area (Å²) in [5, 5.41) is 5.64. The van der Waals surface area contributed by atoms with Crippen molar-refractivity contribution in [2.75, 3.05) is 11.9 Å². The van der Waals surface area contributed by atoms with Crippen LogP contribution in [0.5, 0.6) is 0 Å². The topological polar surface area (TPSA) is 41.1 Å². The van der Waals surface area contributed by atoms with Gasteiger partial charge in [-0.25, -0.2) is 4.39 Å². The molecular weight excluding hydrogens is 195 g/mol. The molecule has 0 bridgehead atoms. The molecule has 0 saturated carbocycles. The van der Waals surface area contributed by atoms with Crippen LogP contribution in [-0.4, -0.2) is 18.5 Å². The van der Waals surface area contributed by atoms with Crippen molar-refractivity contribution in [1.82, 2.24) is 5.32 Å². The zero-order chi connectivity index (χ0) is 10.7. The highest BCUT2D eigenvalue weighted by Gasteiger charge is 2.22. The third-order valence-corrected chi connectivity index (χ3v) is 2.51. The van der Waals surface area contributed by atoms with Gasteiger partial charge in [0.25, 0.3) is 0 Å². The van der Waals surface area contributed by atoms with Crippen LogP contribution >= 0.6 is 0 Å². The lowest BCUT2D eigenvalue weighted by Gasteiger charge is -2.11. The van der Waals surface area contributed by atoms with Crippen LogP contribution in [0.4, 0.5) is 10.1 Å². The summed E-state index contributed by atoms with van der Waals surface area (Å²) in [7, 11) is 0. The Morgan fingerprint density at radius 2 is 2.27 bits per heavy atom. The van der Waals surface area contributed by atoms with Gasteiger partial charge in [-0.15, -0.1) is 0 Å². The smallest absolute Gasteiger partial charge is 0.241 e. The molecule has 15 heavy (non-hydrogen) atoms. The summed E-state index contributed by atoms with van der Waals surface area (Å²) >= 11 is 0. The first-order valence-corrected chi connectivity index (χ1v) is 5.06. The van der Waals surface area contributed by atoms with Crippen LogP contribution in [0.15, 0.2) is 24.3 Å². The Hall–Kier alpha value is -1.42. The van der Waals surface area contributed by atoms with Crippen LogP contribution < -0.4 is 10.6 Å². The molecule has 1 aromatic carbocycles. The number of benzene rings is 1. The van der Waals surface area contributed by atoms with Crippen molar-refractivity contribution in [3.05, 3.63) is 30.1 Å². The molecule has 2 N–H and O–H groups in total. The lowest BCUT2D eigenvalue weighted by Crippen LogP contribution is -2.35. The van der Waals surface area contributed by atoms with Crippen molar-refractivity contribution in [3.63, 3.8) is 0 Å². The molecule has 0 aromatic heterocycles. The van der Waals surface area contributed by atoms with Gasteiger partial charge in [0.05, 0.1) is 11.7 Å². The summed E-state index contributed by atoms with van der Waals surface area (Å²) in [6.45, 7) is 0.857. The van der Waals surface area contributed by atoms with Gasteiger partial charge in [-0.2, -0.15) is 0 Å². The van der Waals surface area contributed by atoms with E-state index in [-0.39, 0.29) is 17.6 Å². The molecule has 1 heterocycles. The molecule has 1 aromatic rings. The minimum atomic E-state index is -0.399. The first kappa shape index (κ1) is 10.1. The predicted molar refractivity (Wildman–Crippen MR) is 56.1 cm³/mol. The Bertz CT molecular complexity index is 361. The largest absolute Gasteiger partial charge is 0.322 e. The Balaban J connectivity index is 2.02. The molecule has 1 fully saturated rings. The van der Waals surface area contributed by atoms with Crippen LogP contribution in [0.2, 0.25) is 0 Å². The molecule has 1 saturated heterocycles. The number of halogens is 1. The summed E-state index contributed by atoms with van der Waals surface area (Å²) < 4.78 is 13.2. The summed E-state index contributed by atoms with van der Waals surface area (Å²) in [5.41, 5.74) is 0.246. The van der Waals surface area contributed by atoms with E-state index < -0.39 is 5.82 Å². The van der Waals surface area contributed by atoms with Crippen LogP contribution in [0, 0.1) is 5.82 Å². The minimum Gasteiger partial charge on any atom is -0.322 e. The van der Waals surface area contributed by atoms with Crippen molar-refractivity contribution in [3.8, 4) is 0 Å². The fourth-order valence-corrected chi connectivity index (χ4v) is 1.69. The van der Waals surface area contributed by atoms with E-state index in [0.29, 0.717) is 0 Å². The number of amides is 1. The van der Waals surface area contributed by atoms with Crippen molar-refractivity contribution in [1.29, 1.82) is 0 Å². The Labute approximate surface area is 87.7 Å². The van der Waals surface area contributed by atoms with Crippen molar-refractivity contribution >= 4 is 11.6 Å². The number of carbonyl (C=O) groups excluding carboxylic acids is 1. The first-order valence-electron chi connectivity index (χ1n) is 5.06. The average Bonchev–Trinajstić information content (AvgIpc) is 2.74. The van der Waals surface area contributed by atoms with E-state index in [1.54, 1.807) is 18.2 Å². The molecular formula is C11H13FN2O. The highest BCUT2D eigenvalue weighted by atomic mass is 19.1. The SMILES string of the molecule is O=C(Nc1ccccc1F)C1CCCN1. The molecule has 2 rings (SSSR count). The number of hydrogen-bond donors (Lipinski definition) is 2. The first-order chi connectivity index (χ1) is 7.27. The Kier molecular flexibility index (Phi) is 2.97. The molecule has 4 heteroatoms. The summed E-state index contributed by atoms with van der Waals surface area (Å²) in [5.74, 6) is -0.554. The zero-order valence-electron chi connectivity index (χ0n) is 8.29. The van der Waals surface area contributed by atoms with E-state index in [0.717, 1.165) is 19.4 Å². The van der Waals surface area contributed by atoms with E-state index in [1.165, 1.54) is 6.07 Å². The van der Waals surface area contributed by atoms with E-state index in [1.807, 2.05) is 0 Å². The number of carbonyl (C=O) groups is 1. The summed E-state index contributed by atoms with van der Waals surface area (Å²) in [6.07, 6.45) is 1.82. The second-order valence-electron chi connectivity index (χ2n) is 3.62. The molecule has 1 atom stereocenters. The van der Waals surface area contributed by atoms with E-state index in [2.05, 4.69) is 10.6 Å². The number of nitrogens with one attached hydrogen (secondary N) is 2. The second-order valence-corrected chi connectivity index (χ2v) is 3.62. The van der Waals surface area contributed by atoms with E-state index >= 15 is 0 Å². The fourth-order valence-electron chi connectivity index (χ4n) is 1.69. The fraction of sp³-hybridized carbons (Fsp3) is 0.364.